The van der Waals surface area contributed by atoms with Crippen molar-refractivity contribution >= 4 is 23.3 Å². The molecule has 27 heavy (non-hydrogen) atoms. The molecule has 0 radical (unpaired) electrons. The van der Waals surface area contributed by atoms with Crippen LogP contribution in [-0.2, 0) is 16.0 Å². The van der Waals surface area contributed by atoms with Gasteiger partial charge in [0.05, 0.1) is 0 Å². The van der Waals surface area contributed by atoms with Crippen LogP contribution in [0.3, 0.4) is 0 Å². The van der Waals surface area contributed by atoms with Crippen LogP contribution in [0.1, 0.15) is 39.2 Å². The van der Waals surface area contributed by atoms with Crippen LogP contribution >= 0.6 is 0 Å². The summed E-state index contributed by atoms with van der Waals surface area (Å²) in [6.45, 7) is 6.09. The van der Waals surface area contributed by atoms with Crippen LogP contribution in [0.5, 0.6) is 5.75 Å². The first-order chi connectivity index (χ1) is 13.0. The number of hydrogen-bond donors (Lipinski definition) is 1. The number of pyridine rings is 1. The summed E-state index contributed by atoms with van der Waals surface area (Å²) in [4.78, 5) is 32.1. The van der Waals surface area contributed by atoms with Gasteiger partial charge in [0.25, 0.3) is 17.4 Å². The van der Waals surface area contributed by atoms with Crippen LogP contribution in [0.25, 0.3) is 0 Å². The van der Waals surface area contributed by atoms with E-state index in [1.807, 2.05) is 31.2 Å². The van der Waals surface area contributed by atoms with Gasteiger partial charge in [0, 0.05) is 18.4 Å². The van der Waals surface area contributed by atoms with Gasteiger partial charge in [0.15, 0.2) is 11.6 Å². The number of rotatable bonds is 6. The first-order valence-corrected chi connectivity index (χ1v) is 9.36. The Morgan fingerprint density at radius 2 is 2.00 bits per heavy atom. The molecule has 142 valence electrons. The fourth-order valence-corrected chi connectivity index (χ4v) is 3.14. The van der Waals surface area contributed by atoms with Crippen molar-refractivity contribution in [3.63, 3.8) is 0 Å². The SMILES string of the molecule is CCCCN1C(=O)[C@@](C)(C(=O)Nc2ccccc2CC)Oc2cccnc21. The average molecular weight is 367 g/mol. The van der Waals surface area contributed by atoms with E-state index >= 15 is 0 Å². The maximum Gasteiger partial charge on any atom is 0.282 e. The van der Waals surface area contributed by atoms with Crippen molar-refractivity contribution in [1.82, 2.24) is 4.98 Å². The fraction of sp³-hybridized carbons (Fsp3) is 0.381. The molecule has 1 aromatic carbocycles. The number of anilines is 2. The van der Waals surface area contributed by atoms with Gasteiger partial charge in [-0.25, -0.2) is 4.98 Å². The molecule has 6 heteroatoms. The second-order valence-electron chi connectivity index (χ2n) is 6.74. The molecule has 0 bridgehead atoms. The number of carbonyl (C=O) groups excluding carboxylic acids is 2. The van der Waals surface area contributed by atoms with E-state index in [1.165, 1.54) is 6.92 Å². The molecular formula is C21H25N3O3. The Hall–Kier alpha value is -2.89. The van der Waals surface area contributed by atoms with Crippen LogP contribution in [-0.4, -0.2) is 28.9 Å². The molecule has 0 saturated carbocycles. The topological polar surface area (TPSA) is 71.5 Å². The Bertz CT molecular complexity index is 852. The molecule has 3 rings (SSSR count). The molecule has 0 saturated heterocycles. The van der Waals surface area contributed by atoms with Gasteiger partial charge in [-0.3, -0.25) is 14.5 Å². The number of para-hydroxylation sites is 1. The van der Waals surface area contributed by atoms with Gasteiger partial charge in [-0.1, -0.05) is 38.5 Å². The Labute approximate surface area is 159 Å². The number of carbonyl (C=O) groups is 2. The minimum atomic E-state index is -1.65. The predicted molar refractivity (Wildman–Crippen MR) is 105 cm³/mol. The molecule has 1 aliphatic heterocycles. The molecule has 1 aromatic heterocycles. The summed E-state index contributed by atoms with van der Waals surface area (Å²) in [6.07, 6.45) is 4.14. The summed E-state index contributed by atoms with van der Waals surface area (Å²) in [6, 6.07) is 11.0. The Kier molecular flexibility index (Phi) is 5.44. The molecule has 0 fully saturated rings. The molecular weight excluding hydrogens is 342 g/mol. The van der Waals surface area contributed by atoms with E-state index < -0.39 is 17.4 Å². The lowest BCUT2D eigenvalue weighted by Crippen LogP contribution is -2.61. The van der Waals surface area contributed by atoms with Crippen LogP contribution < -0.4 is 15.0 Å². The van der Waals surface area contributed by atoms with Gasteiger partial charge in [-0.15, -0.1) is 0 Å². The van der Waals surface area contributed by atoms with Gasteiger partial charge in [-0.2, -0.15) is 0 Å². The third kappa shape index (κ3) is 3.52. The molecule has 2 heterocycles. The van der Waals surface area contributed by atoms with E-state index in [-0.39, 0.29) is 0 Å². The summed E-state index contributed by atoms with van der Waals surface area (Å²) >= 11 is 0. The van der Waals surface area contributed by atoms with Crippen molar-refractivity contribution in [2.45, 2.75) is 45.6 Å². The maximum absolute atomic E-state index is 13.2. The molecule has 1 atom stereocenters. The lowest BCUT2D eigenvalue weighted by atomic mass is 10.00. The number of nitrogens with zero attached hydrogens (tertiary/aromatic N) is 2. The molecule has 0 spiro atoms. The molecule has 0 aliphatic carbocycles. The second-order valence-corrected chi connectivity index (χ2v) is 6.74. The van der Waals surface area contributed by atoms with Gasteiger partial charge < -0.3 is 10.1 Å². The first-order valence-electron chi connectivity index (χ1n) is 9.36. The van der Waals surface area contributed by atoms with Gasteiger partial charge >= 0.3 is 0 Å². The van der Waals surface area contributed by atoms with Crippen molar-refractivity contribution < 1.29 is 14.3 Å². The maximum atomic E-state index is 13.2. The highest BCUT2D eigenvalue weighted by Gasteiger charge is 2.51. The Morgan fingerprint density at radius 3 is 2.74 bits per heavy atom. The van der Waals surface area contributed by atoms with E-state index in [4.69, 9.17) is 4.74 Å². The molecule has 0 unspecified atom stereocenters. The molecule has 1 aliphatic rings. The highest BCUT2D eigenvalue weighted by Crippen LogP contribution is 2.36. The fourth-order valence-electron chi connectivity index (χ4n) is 3.14. The lowest BCUT2D eigenvalue weighted by Gasteiger charge is -2.38. The van der Waals surface area contributed by atoms with E-state index in [9.17, 15) is 9.59 Å². The van der Waals surface area contributed by atoms with Gasteiger partial charge in [0.1, 0.15) is 0 Å². The van der Waals surface area contributed by atoms with Crippen molar-refractivity contribution in [3.8, 4) is 5.75 Å². The van der Waals surface area contributed by atoms with Crippen LogP contribution in [0.15, 0.2) is 42.6 Å². The van der Waals surface area contributed by atoms with Crippen molar-refractivity contribution in [2.75, 3.05) is 16.8 Å². The van der Waals surface area contributed by atoms with Crippen molar-refractivity contribution in [1.29, 1.82) is 0 Å². The zero-order valence-corrected chi connectivity index (χ0v) is 16.0. The first kappa shape index (κ1) is 18.9. The number of ether oxygens (including phenoxy) is 1. The number of aryl methyl sites for hydroxylation is 1. The lowest BCUT2D eigenvalue weighted by molar-refractivity contribution is -0.145. The van der Waals surface area contributed by atoms with E-state index in [1.54, 1.807) is 23.2 Å². The Morgan fingerprint density at radius 1 is 1.22 bits per heavy atom. The monoisotopic (exact) mass is 367 g/mol. The normalized spacial score (nSPS) is 18.6. The van der Waals surface area contributed by atoms with Crippen LogP contribution in [0.4, 0.5) is 11.5 Å². The van der Waals surface area contributed by atoms with E-state index in [0.29, 0.717) is 23.8 Å². The molecule has 2 amide bonds. The summed E-state index contributed by atoms with van der Waals surface area (Å²) in [5, 5.41) is 2.88. The highest BCUT2D eigenvalue weighted by atomic mass is 16.5. The number of unbranched alkanes of at least 4 members (excludes halogenated alkanes) is 1. The smallest absolute Gasteiger partial charge is 0.282 e. The molecule has 1 N–H and O–H groups in total. The van der Waals surface area contributed by atoms with Crippen molar-refractivity contribution in [3.05, 3.63) is 48.2 Å². The largest absolute Gasteiger partial charge is 0.464 e. The van der Waals surface area contributed by atoms with E-state index in [0.717, 1.165) is 24.8 Å². The number of aromatic nitrogens is 1. The number of amides is 2. The third-order valence-electron chi connectivity index (χ3n) is 4.79. The number of fused-ring (bicyclic) bond motifs is 1. The minimum absolute atomic E-state index is 0.395. The van der Waals surface area contributed by atoms with Crippen LogP contribution in [0, 0.1) is 0 Å². The number of nitrogens with one attached hydrogen (secondary N) is 1. The minimum Gasteiger partial charge on any atom is -0.464 e. The average Bonchev–Trinajstić information content (AvgIpc) is 2.68. The summed E-state index contributed by atoms with van der Waals surface area (Å²) < 4.78 is 5.88. The summed E-state index contributed by atoms with van der Waals surface area (Å²) in [5.74, 6) is 0.0304. The molecule has 2 aromatic rings. The second kappa shape index (κ2) is 7.78. The standard InChI is InChI=1S/C21H25N3O3/c1-4-6-14-24-18-17(12-9-13-22-18)27-21(3,20(24)26)19(25)23-16-11-8-7-10-15(16)5-2/h7-13H,4-6,14H2,1-3H3,(H,23,25)/t21-/m1/s1. The molecule has 6 nitrogen and oxygen atoms in total. The highest BCUT2D eigenvalue weighted by molar-refractivity contribution is 6.19. The third-order valence-corrected chi connectivity index (χ3v) is 4.79. The van der Waals surface area contributed by atoms with Crippen molar-refractivity contribution in [2.24, 2.45) is 0 Å². The summed E-state index contributed by atoms with van der Waals surface area (Å²) in [5.41, 5.74) is 0.0484. The quantitative estimate of drug-likeness (QED) is 0.793. The zero-order chi connectivity index (χ0) is 19.4. The zero-order valence-electron chi connectivity index (χ0n) is 16.0. The van der Waals surface area contributed by atoms with Gasteiger partial charge in [0.2, 0.25) is 0 Å². The van der Waals surface area contributed by atoms with Crippen LogP contribution in [0.2, 0.25) is 0 Å². The Balaban J connectivity index is 1.94. The predicted octanol–water partition coefficient (Wildman–Crippen LogP) is 3.57. The number of hydrogen-bond acceptors (Lipinski definition) is 4. The number of benzene rings is 1. The van der Waals surface area contributed by atoms with Gasteiger partial charge in [-0.05, 0) is 43.5 Å². The summed E-state index contributed by atoms with van der Waals surface area (Å²) in [7, 11) is 0. The van der Waals surface area contributed by atoms with E-state index in [2.05, 4.69) is 17.2 Å².